The molecule has 0 aromatic carbocycles. The zero-order valence-electron chi connectivity index (χ0n) is 10.4. The number of hydrogen-bond acceptors (Lipinski definition) is 4. The van der Waals surface area contributed by atoms with Crippen LogP contribution in [-0.4, -0.2) is 41.4 Å². The number of alkyl halides is 3. The molecule has 0 saturated carbocycles. The van der Waals surface area contributed by atoms with Crippen molar-refractivity contribution >= 4 is 5.91 Å². The Bertz CT molecular complexity index is 482. The first-order valence-electron chi connectivity index (χ1n) is 5.92. The maximum absolute atomic E-state index is 12.3. The highest BCUT2D eigenvalue weighted by molar-refractivity contribution is 5.92. The first-order chi connectivity index (χ1) is 9.30. The summed E-state index contributed by atoms with van der Waals surface area (Å²) in [6.45, 7) is 0.493. The molecule has 1 aromatic heterocycles. The van der Waals surface area contributed by atoms with Crippen LogP contribution >= 0.6 is 0 Å². The van der Waals surface area contributed by atoms with Gasteiger partial charge in [-0.15, -0.1) is 0 Å². The number of aliphatic hydroxyl groups is 1. The fourth-order valence-electron chi connectivity index (χ4n) is 1.77. The van der Waals surface area contributed by atoms with E-state index in [2.05, 4.69) is 10.3 Å². The van der Waals surface area contributed by atoms with E-state index in [-0.39, 0.29) is 18.8 Å². The molecule has 1 aliphatic rings. The lowest BCUT2D eigenvalue weighted by atomic mass is 10.0. The highest BCUT2D eigenvalue weighted by Gasteiger charge is 2.33. The van der Waals surface area contributed by atoms with Gasteiger partial charge in [0.25, 0.3) is 5.91 Å². The Kier molecular flexibility index (Phi) is 3.96. The van der Waals surface area contributed by atoms with E-state index >= 15 is 0 Å². The van der Waals surface area contributed by atoms with Crippen LogP contribution in [0.5, 0.6) is 0 Å². The van der Waals surface area contributed by atoms with Crippen LogP contribution in [0.25, 0.3) is 0 Å². The van der Waals surface area contributed by atoms with Crippen LogP contribution in [0, 0.1) is 0 Å². The van der Waals surface area contributed by atoms with E-state index in [1.165, 1.54) is 0 Å². The number of pyridine rings is 1. The van der Waals surface area contributed by atoms with Crippen LogP contribution in [0.4, 0.5) is 13.2 Å². The number of ether oxygens (including phenoxy) is 1. The molecule has 8 heteroatoms. The number of aromatic nitrogens is 1. The molecule has 1 amide bonds. The van der Waals surface area contributed by atoms with E-state index in [0.717, 1.165) is 12.1 Å². The fraction of sp³-hybridized carbons (Fsp3) is 0.500. The molecule has 0 spiro atoms. The Morgan fingerprint density at radius 3 is 2.75 bits per heavy atom. The lowest BCUT2D eigenvalue weighted by Gasteiger charge is -2.20. The minimum atomic E-state index is -4.49. The summed E-state index contributed by atoms with van der Waals surface area (Å²) < 4.78 is 42.0. The first-order valence-corrected chi connectivity index (χ1v) is 5.92. The summed E-state index contributed by atoms with van der Waals surface area (Å²) in [5.41, 5.74) is -2.18. The fourth-order valence-corrected chi connectivity index (χ4v) is 1.77. The molecule has 1 atom stereocenters. The molecule has 0 radical (unpaired) electrons. The number of hydrogen-bond donors (Lipinski definition) is 2. The topological polar surface area (TPSA) is 71.5 Å². The van der Waals surface area contributed by atoms with Gasteiger partial charge in [0.2, 0.25) is 0 Å². The summed E-state index contributed by atoms with van der Waals surface area (Å²) in [6.07, 6.45) is -3.49. The Morgan fingerprint density at radius 2 is 2.25 bits per heavy atom. The van der Waals surface area contributed by atoms with Gasteiger partial charge in [0.15, 0.2) is 0 Å². The summed E-state index contributed by atoms with van der Waals surface area (Å²) in [6, 6.07) is 1.78. The minimum Gasteiger partial charge on any atom is -0.386 e. The Labute approximate surface area is 112 Å². The summed E-state index contributed by atoms with van der Waals surface area (Å²) in [7, 11) is 0. The molecular weight excluding hydrogens is 277 g/mol. The second-order valence-corrected chi connectivity index (χ2v) is 4.64. The molecule has 1 fully saturated rings. The third-order valence-corrected chi connectivity index (χ3v) is 2.98. The van der Waals surface area contributed by atoms with E-state index in [1.807, 2.05) is 0 Å². The molecule has 1 aromatic rings. The predicted octanol–water partition coefficient (Wildman–Crippen LogP) is 0.982. The Balaban J connectivity index is 1.96. The number of carbonyl (C=O) groups is 1. The maximum Gasteiger partial charge on any atom is 0.417 e. The highest BCUT2D eigenvalue weighted by atomic mass is 19.4. The summed E-state index contributed by atoms with van der Waals surface area (Å²) in [5, 5.41) is 12.4. The monoisotopic (exact) mass is 290 g/mol. The molecule has 0 aliphatic carbocycles. The van der Waals surface area contributed by atoms with E-state index in [0.29, 0.717) is 19.2 Å². The number of rotatable bonds is 3. The van der Waals surface area contributed by atoms with Gasteiger partial charge in [0.05, 0.1) is 12.2 Å². The summed E-state index contributed by atoms with van der Waals surface area (Å²) in [5.74, 6) is -0.640. The molecular formula is C12H13F3N2O3. The van der Waals surface area contributed by atoms with Crippen molar-refractivity contribution in [2.24, 2.45) is 0 Å². The quantitative estimate of drug-likeness (QED) is 0.870. The number of halogens is 3. The third kappa shape index (κ3) is 3.45. The number of nitrogens with zero attached hydrogens (tertiary/aromatic N) is 1. The molecule has 2 heterocycles. The first kappa shape index (κ1) is 14.7. The van der Waals surface area contributed by atoms with E-state index < -0.39 is 23.2 Å². The van der Waals surface area contributed by atoms with Gasteiger partial charge >= 0.3 is 6.18 Å². The van der Waals surface area contributed by atoms with Crippen molar-refractivity contribution in [1.82, 2.24) is 10.3 Å². The van der Waals surface area contributed by atoms with E-state index in [9.17, 15) is 23.1 Å². The molecule has 1 saturated heterocycles. The standard InChI is InChI=1S/C12H13F3N2O3/c13-12(14,15)8-1-2-9(16-5-8)10(18)17-6-11(19)3-4-20-7-11/h1-2,5,19H,3-4,6-7H2,(H,17,18). The average molecular weight is 290 g/mol. The van der Waals surface area contributed by atoms with Crippen molar-refractivity contribution in [1.29, 1.82) is 0 Å². The molecule has 2 rings (SSSR count). The van der Waals surface area contributed by atoms with Crippen molar-refractivity contribution in [3.8, 4) is 0 Å². The van der Waals surface area contributed by atoms with Crippen LogP contribution in [0.15, 0.2) is 18.3 Å². The van der Waals surface area contributed by atoms with Gasteiger partial charge in [-0.05, 0) is 12.1 Å². The van der Waals surface area contributed by atoms with Crippen LogP contribution in [0.3, 0.4) is 0 Å². The molecule has 2 N–H and O–H groups in total. The van der Waals surface area contributed by atoms with E-state index in [1.54, 1.807) is 0 Å². The van der Waals surface area contributed by atoms with Crippen LogP contribution in [-0.2, 0) is 10.9 Å². The van der Waals surface area contributed by atoms with Gasteiger partial charge in [-0.25, -0.2) is 0 Å². The van der Waals surface area contributed by atoms with E-state index in [4.69, 9.17) is 4.74 Å². The number of nitrogens with one attached hydrogen (secondary N) is 1. The smallest absolute Gasteiger partial charge is 0.386 e. The second kappa shape index (κ2) is 5.37. The van der Waals surface area contributed by atoms with Crippen molar-refractivity contribution in [3.05, 3.63) is 29.6 Å². The zero-order valence-corrected chi connectivity index (χ0v) is 10.4. The maximum atomic E-state index is 12.3. The average Bonchev–Trinajstić information content (AvgIpc) is 2.83. The van der Waals surface area contributed by atoms with Crippen molar-refractivity contribution in [3.63, 3.8) is 0 Å². The van der Waals surface area contributed by atoms with Crippen LogP contribution < -0.4 is 5.32 Å². The molecule has 1 aliphatic heterocycles. The van der Waals surface area contributed by atoms with Gasteiger partial charge in [0.1, 0.15) is 11.3 Å². The highest BCUT2D eigenvalue weighted by Crippen LogP contribution is 2.28. The van der Waals surface area contributed by atoms with Crippen molar-refractivity contribution in [2.45, 2.75) is 18.2 Å². The second-order valence-electron chi connectivity index (χ2n) is 4.64. The van der Waals surface area contributed by atoms with Crippen molar-refractivity contribution < 1.29 is 27.8 Å². The predicted molar refractivity (Wildman–Crippen MR) is 62.0 cm³/mol. The van der Waals surface area contributed by atoms with Gasteiger partial charge in [-0.3, -0.25) is 9.78 Å². The number of carbonyl (C=O) groups excluding carboxylic acids is 1. The van der Waals surface area contributed by atoms with Gasteiger partial charge in [-0.1, -0.05) is 0 Å². The Morgan fingerprint density at radius 1 is 1.50 bits per heavy atom. The third-order valence-electron chi connectivity index (χ3n) is 2.98. The van der Waals surface area contributed by atoms with Gasteiger partial charge in [-0.2, -0.15) is 13.2 Å². The van der Waals surface area contributed by atoms with Gasteiger partial charge < -0.3 is 15.2 Å². The SMILES string of the molecule is O=C(NCC1(O)CCOC1)c1ccc(C(F)(F)F)cn1. The zero-order chi connectivity index (χ0) is 14.8. The number of amides is 1. The summed E-state index contributed by atoms with van der Waals surface area (Å²) >= 11 is 0. The van der Waals surface area contributed by atoms with Crippen molar-refractivity contribution in [2.75, 3.05) is 19.8 Å². The lowest BCUT2D eigenvalue weighted by Crippen LogP contribution is -2.43. The molecule has 0 bridgehead atoms. The minimum absolute atomic E-state index is 0.0332. The van der Waals surface area contributed by atoms with Crippen LogP contribution in [0.2, 0.25) is 0 Å². The Hall–Kier alpha value is -1.67. The largest absolute Gasteiger partial charge is 0.417 e. The molecule has 5 nitrogen and oxygen atoms in total. The van der Waals surface area contributed by atoms with Gasteiger partial charge in [0, 0.05) is 25.8 Å². The molecule has 1 unspecified atom stereocenters. The molecule has 110 valence electrons. The lowest BCUT2D eigenvalue weighted by molar-refractivity contribution is -0.137. The molecule has 20 heavy (non-hydrogen) atoms. The normalized spacial score (nSPS) is 22.8. The van der Waals surface area contributed by atoms with Crippen LogP contribution in [0.1, 0.15) is 22.5 Å². The summed E-state index contributed by atoms with van der Waals surface area (Å²) in [4.78, 5) is 15.2.